The summed E-state index contributed by atoms with van der Waals surface area (Å²) in [5.74, 6) is 0. The largest absolute Gasteiger partial charge is 0.309 e. The van der Waals surface area contributed by atoms with E-state index < -0.39 is 0 Å². The first-order valence-corrected chi connectivity index (χ1v) is 19.3. The second-order valence-electron chi connectivity index (χ2n) is 14.5. The number of benzene rings is 9. The lowest BCUT2D eigenvalue weighted by atomic mass is 9.94. The molecule has 11 rings (SSSR count). The van der Waals surface area contributed by atoms with Crippen LogP contribution in [-0.4, -0.2) is 9.13 Å². The van der Waals surface area contributed by atoms with Gasteiger partial charge in [-0.1, -0.05) is 152 Å². The van der Waals surface area contributed by atoms with E-state index in [9.17, 15) is 0 Å². The van der Waals surface area contributed by atoms with Gasteiger partial charge in [0.15, 0.2) is 0 Å². The van der Waals surface area contributed by atoms with Crippen molar-refractivity contribution in [2.45, 2.75) is 0 Å². The van der Waals surface area contributed by atoms with Crippen molar-refractivity contribution in [3.63, 3.8) is 0 Å². The first kappa shape index (κ1) is 32.0. The molecule has 11 aromatic rings. The van der Waals surface area contributed by atoms with Gasteiger partial charge in [0, 0.05) is 32.9 Å². The Kier molecular flexibility index (Phi) is 7.53. The van der Waals surface area contributed by atoms with E-state index in [1.807, 2.05) is 0 Å². The Balaban J connectivity index is 1.04. The zero-order valence-electron chi connectivity index (χ0n) is 30.7. The molecule has 0 saturated heterocycles. The molecule has 0 atom stereocenters. The Morgan fingerprint density at radius 2 is 0.571 bits per heavy atom. The van der Waals surface area contributed by atoms with Crippen molar-refractivity contribution in [3.8, 4) is 55.9 Å². The molecular weight excluding hydrogens is 677 g/mol. The third kappa shape index (κ3) is 5.26. The lowest BCUT2D eigenvalue weighted by Gasteiger charge is -2.12. The summed E-state index contributed by atoms with van der Waals surface area (Å²) in [6, 6.07) is 79.3. The van der Waals surface area contributed by atoms with Crippen LogP contribution in [-0.2, 0) is 0 Å². The summed E-state index contributed by atoms with van der Waals surface area (Å²) in [6.07, 6.45) is 0. The van der Waals surface area contributed by atoms with Crippen LogP contribution in [0.1, 0.15) is 0 Å². The highest BCUT2D eigenvalue weighted by atomic mass is 15.0. The van der Waals surface area contributed by atoms with Gasteiger partial charge < -0.3 is 9.13 Å². The van der Waals surface area contributed by atoms with E-state index in [1.165, 1.54) is 88.1 Å². The molecule has 9 aromatic carbocycles. The summed E-state index contributed by atoms with van der Waals surface area (Å²) in [5.41, 5.74) is 16.9. The summed E-state index contributed by atoms with van der Waals surface area (Å²) in [6.45, 7) is 0. The smallest absolute Gasteiger partial charge is 0.0541 e. The molecule has 0 unspecified atom stereocenters. The van der Waals surface area contributed by atoms with Gasteiger partial charge in [0.1, 0.15) is 0 Å². The average Bonchev–Trinajstić information content (AvgIpc) is 3.79. The van der Waals surface area contributed by atoms with Crippen LogP contribution < -0.4 is 0 Å². The fourth-order valence-corrected chi connectivity index (χ4v) is 8.69. The van der Waals surface area contributed by atoms with Crippen molar-refractivity contribution in [1.29, 1.82) is 0 Å². The molecule has 56 heavy (non-hydrogen) atoms. The molecule has 0 fully saturated rings. The first-order valence-electron chi connectivity index (χ1n) is 19.3. The molecule has 0 aliphatic heterocycles. The van der Waals surface area contributed by atoms with Crippen LogP contribution in [0.4, 0.5) is 0 Å². The van der Waals surface area contributed by atoms with Crippen LogP contribution in [0.2, 0.25) is 0 Å². The maximum Gasteiger partial charge on any atom is 0.0541 e. The van der Waals surface area contributed by atoms with Gasteiger partial charge >= 0.3 is 0 Å². The Morgan fingerprint density at radius 3 is 1.12 bits per heavy atom. The minimum absolute atomic E-state index is 1.15. The molecule has 0 spiro atoms. The number of rotatable bonds is 6. The molecule has 2 aromatic heterocycles. The molecule has 0 aliphatic carbocycles. The second-order valence-corrected chi connectivity index (χ2v) is 14.5. The van der Waals surface area contributed by atoms with Crippen LogP contribution in [0.15, 0.2) is 218 Å². The highest BCUT2D eigenvalue weighted by molar-refractivity contribution is 6.13. The van der Waals surface area contributed by atoms with Crippen LogP contribution >= 0.6 is 0 Å². The fraction of sp³-hybridized carbons (Fsp3) is 0. The summed E-state index contributed by atoms with van der Waals surface area (Å²) in [5, 5.41) is 4.99. The second kappa shape index (κ2) is 13.2. The molecule has 2 nitrogen and oxygen atoms in total. The van der Waals surface area contributed by atoms with E-state index >= 15 is 0 Å². The Hall–Kier alpha value is -7.42. The average molecular weight is 713 g/mol. The normalized spacial score (nSPS) is 11.6. The van der Waals surface area contributed by atoms with Gasteiger partial charge in [-0.15, -0.1) is 0 Å². The maximum atomic E-state index is 2.41. The van der Waals surface area contributed by atoms with Crippen LogP contribution in [0.3, 0.4) is 0 Å². The minimum atomic E-state index is 1.15. The lowest BCUT2D eigenvalue weighted by molar-refractivity contribution is 1.18. The van der Waals surface area contributed by atoms with Gasteiger partial charge in [0.2, 0.25) is 0 Å². The van der Waals surface area contributed by atoms with Gasteiger partial charge in [-0.25, -0.2) is 0 Å². The standard InChI is InChI=1S/C54H36N2/c1-4-14-37(15-5-1)40-26-31-53-49(34-40)50-36-42(28-33-54(50)55(53)43-18-8-3-9-19-43)41-27-32-52-48(35-41)47-22-12-13-23-51(47)56(52)44-29-24-39(25-30-44)46-21-11-10-20-45(46)38-16-6-2-7-17-38/h1-36H. The zero-order chi connectivity index (χ0) is 37.0. The molecule has 0 radical (unpaired) electrons. The fourth-order valence-electron chi connectivity index (χ4n) is 8.69. The van der Waals surface area contributed by atoms with Crippen molar-refractivity contribution in [1.82, 2.24) is 9.13 Å². The quantitative estimate of drug-likeness (QED) is 0.162. The highest BCUT2D eigenvalue weighted by Crippen LogP contribution is 2.40. The third-order valence-corrected chi connectivity index (χ3v) is 11.3. The van der Waals surface area contributed by atoms with Gasteiger partial charge in [0.05, 0.1) is 22.1 Å². The molecule has 2 heteroatoms. The first-order chi connectivity index (χ1) is 27.8. The van der Waals surface area contributed by atoms with E-state index in [4.69, 9.17) is 0 Å². The van der Waals surface area contributed by atoms with Gasteiger partial charge in [-0.3, -0.25) is 0 Å². The molecule has 262 valence electrons. The number of nitrogens with zero attached hydrogens (tertiary/aromatic N) is 2. The number of fused-ring (bicyclic) bond motifs is 6. The van der Waals surface area contributed by atoms with E-state index in [-0.39, 0.29) is 0 Å². The van der Waals surface area contributed by atoms with Crippen LogP contribution in [0, 0.1) is 0 Å². The predicted octanol–water partition coefficient (Wildman–Crippen LogP) is 14.5. The molecular formula is C54H36N2. The molecule has 2 heterocycles. The monoisotopic (exact) mass is 712 g/mol. The van der Waals surface area contributed by atoms with Crippen molar-refractivity contribution >= 4 is 43.6 Å². The molecule has 0 saturated carbocycles. The van der Waals surface area contributed by atoms with E-state index in [0.29, 0.717) is 0 Å². The van der Waals surface area contributed by atoms with Gasteiger partial charge in [0.25, 0.3) is 0 Å². The van der Waals surface area contributed by atoms with Crippen molar-refractivity contribution in [3.05, 3.63) is 218 Å². The minimum Gasteiger partial charge on any atom is -0.309 e. The summed E-state index contributed by atoms with van der Waals surface area (Å²) in [4.78, 5) is 0. The highest BCUT2D eigenvalue weighted by Gasteiger charge is 2.17. The molecule has 0 aliphatic rings. The van der Waals surface area contributed by atoms with Crippen molar-refractivity contribution < 1.29 is 0 Å². The van der Waals surface area contributed by atoms with Crippen LogP contribution in [0.25, 0.3) is 99.5 Å². The van der Waals surface area contributed by atoms with Gasteiger partial charge in [-0.05, 0) is 111 Å². The Morgan fingerprint density at radius 1 is 0.214 bits per heavy atom. The molecule has 0 bridgehead atoms. The number of hydrogen-bond acceptors (Lipinski definition) is 0. The van der Waals surface area contributed by atoms with Crippen molar-refractivity contribution in [2.75, 3.05) is 0 Å². The number of para-hydroxylation sites is 2. The SMILES string of the molecule is c1ccc(-c2ccc3c(c2)c2cc(-c4ccc5c(c4)c4ccccc4n5-c4ccc(-c5ccccc5-c5ccccc5)cc4)ccc2n3-c2ccccc2)cc1. The van der Waals surface area contributed by atoms with Crippen LogP contribution in [0.5, 0.6) is 0 Å². The molecule has 0 amide bonds. The topological polar surface area (TPSA) is 9.86 Å². The summed E-state index contributed by atoms with van der Waals surface area (Å²) in [7, 11) is 0. The summed E-state index contributed by atoms with van der Waals surface area (Å²) >= 11 is 0. The third-order valence-electron chi connectivity index (χ3n) is 11.3. The van der Waals surface area contributed by atoms with Gasteiger partial charge in [-0.2, -0.15) is 0 Å². The maximum absolute atomic E-state index is 2.41. The van der Waals surface area contributed by atoms with E-state index in [2.05, 4.69) is 228 Å². The lowest BCUT2D eigenvalue weighted by Crippen LogP contribution is -1.94. The Labute approximate surface area is 325 Å². The summed E-state index contributed by atoms with van der Waals surface area (Å²) < 4.78 is 4.80. The zero-order valence-corrected chi connectivity index (χ0v) is 30.7. The number of hydrogen-bond donors (Lipinski definition) is 0. The Bertz CT molecular complexity index is 3210. The number of aromatic nitrogens is 2. The predicted molar refractivity (Wildman–Crippen MR) is 237 cm³/mol. The molecule has 0 N–H and O–H groups in total. The van der Waals surface area contributed by atoms with E-state index in [1.54, 1.807) is 0 Å². The van der Waals surface area contributed by atoms with Crippen molar-refractivity contribution in [2.24, 2.45) is 0 Å². The van der Waals surface area contributed by atoms with E-state index in [0.717, 1.165) is 11.4 Å².